The summed E-state index contributed by atoms with van der Waals surface area (Å²) in [5, 5.41) is 3.03. The van der Waals surface area contributed by atoms with Crippen molar-refractivity contribution in [2.75, 3.05) is 7.11 Å². The summed E-state index contributed by atoms with van der Waals surface area (Å²) in [7, 11) is 1.67. The van der Waals surface area contributed by atoms with Gasteiger partial charge in [0.05, 0.1) is 18.4 Å². The summed E-state index contributed by atoms with van der Waals surface area (Å²) in [6.07, 6.45) is 0.847. The molecule has 1 N–H and O–H groups in total. The summed E-state index contributed by atoms with van der Waals surface area (Å²) in [5.74, 6) is 0.928. The van der Waals surface area contributed by atoms with Crippen molar-refractivity contribution in [2.24, 2.45) is 0 Å². The van der Waals surface area contributed by atoms with E-state index in [4.69, 9.17) is 4.74 Å². The number of aryl methyl sites for hydroxylation is 1. The highest BCUT2D eigenvalue weighted by molar-refractivity contribution is 8.00. The monoisotopic (exact) mass is 343 g/mol. The molecule has 0 radical (unpaired) electrons. The topological polar surface area (TPSA) is 38.3 Å². The van der Waals surface area contributed by atoms with Gasteiger partial charge in [0.15, 0.2) is 0 Å². The van der Waals surface area contributed by atoms with E-state index in [1.165, 1.54) is 0 Å². The molecule has 0 aromatic heterocycles. The van der Waals surface area contributed by atoms with E-state index in [0.29, 0.717) is 0 Å². The highest BCUT2D eigenvalue weighted by Gasteiger charge is 2.19. The number of nitrogens with one attached hydrogen (secondary N) is 1. The molecule has 0 aliphatic carbocycles. The highest BCUT2D eigenvalue weighted by atomic mass is 32.2. The number of methoxy groups -OCH3 is 1. The lowest BCUT2D eigenvalue weighted by Gasteiger charge is -2.21. The van der Waals surface area contributed by atoms with E-state index in [-0.39, 0.29) is 17.2 Å². The normalized spacial score (nSPS) is 13.2. The molecule has 0 bridgehead atoms. The maximum atomic E-state index is 12.5. The van der Waals surface area contributed by atoms with Gasteiger partial charge in [-0.25, -0.2) is 0 Å². The van der Waals surface area contributed by atoms with Gasteiger partial charge in [-0.2, -0.15) is 0 Å². The van der Waals surface area contributed by atoms with Crippen LogP contribution in [0.4, 0.5) is 0 Å². The van der Waals surface area contributed by atoms with Crippen molar-refractivity contribution in [2.45, 2.75) is 43.4 Å². The molecule has 0 unspecified atom stereocenters. The van der Waals surface area contributed by atoms with Crippen LogP contribution < -0.4 is 10.1 Å². The van der Waals surface area contributed by atoms with Crippen LogP contribution in [0.15, 0.2) is 53.4 Å². The second-order valence-corrected chi connectivity index (χ2v) is 7.19. The first kappa shape index (κ1) is 18.4. The van der Waals surface area contributed by atoms with Crippen molar-refractivity contribution < 1.29 is 9.53 Å². The van der Waals surface area contributed by atoms with E-state index in [1.54, 1.807) is 18.9 Å². The SMILES string of the molecule is CC[C@H](NC(=O)[C@H](C)Sc1ccccc1)c1ccc(OC)c(C)c1. The Morgan fingerprint density at radius 3 is 2.50 bits per heavy atom. The minimum absolute atomic E-state index is 0.0147. The number of carbonyl (C=O) groups excluding carboxylic acids is 1. The maximum Gasteiger partial charge on any atom is 0.233 e. The lowest BCUT2D eigenvalue weighted by molar-refractivity contribution is -0.121. The molecule has 0 fully saturated rings. The number of benzene rings is 2. The van der Waals surface area contributed by atoms with E-state index >= 15 is 0 Å². The molecule has 2 aromatic rings. The minimum atomic E-state index is -0.138. The van der Waals surface area contributed by atoms with Crippen molar-refractivity contribution in [1.29, 1.82) is 0 Å². The molecule has 2 aromatic carbocycles. The molecular formula is C20H25NO2S. The molecule has 24 heavy (non-hydrogen) atoms. The van der Waals surface area contributed by atoms with Crippen molar-refractivity contribution in [1.82, 2.24) is 5.32 Å². The lowest BCUT2D eigenvalue weighted by atomic mass is 10.0. The van der Waals surface area contributed by atoms with Crippen LogP contribution in [-0.4, -0.2) is 18.3 Å². The van der Waals surface area contributed by atoms with Crippen LogP contribution in [0.5, 0.6) is 5.75 Å². The maximum absolute atomic E-state index is 12.5. The molecule has 0 saturated carbocycles. The fourth-order valence-electron chi connectivity index (χ4n) is 2.59. The van der Waals surface area contributed by atoms with Crippen LogP contribution in [-0.2, 0) is 4.79 Å². The molecule has 2 atom stereocenters. The number of hydrogen-bond donors (Lipinski definition) is 1. The van der Waals surface area contributed by atoms with Crippen LogP contribution >= 0.6 is 11.8 Å². The van der Waals surface area contributed by atoms with E-state index in [2.05, 4.69) is 18.3 Å². The third-order valence-corrected chi connectivity index (χ3v) is 5.08. The fraction of sp³-hybridized carbons (Fsp3) is 0.350. The van der Waals surface area contributed by atoms with E-state index in [9.17, 15) is 4.79 Å². The van der Waals surface area contributed by atoms with Gasteiger partial charge in [0.2, 0.25) is 5.91 Å². The first-order chi connectivity index (χ1) is 11.5. The third-order valence-electron chi connectivity index (χ3n) is 3.97. The number of thioether (sulfide) groups is 1. The van der Waals surface area contributed by atoms with E-state index in [1.807, 2.05) is 56.3 Å². The zero-order chi connectivity index (χ0) is 17.5. The van der Waals surface area contributed by atoms with Gasteiger partial charge >= 0.3 is 0 Å². The molecule has 1 amide bonds. The lowest BCUT2D eigenvalue weighted by Crippen LogP contribution is -2.34. The molecule has 0 aliphatic rings. The Hall–Kier alpha value is -1.94. The Bertz CT molecular complexity index is 673. The summed E-state index contributed by atoms with van der Waals surface area (Å²) in [5.41, 5.74) is 2.19. The minimum Gasteiger partial charge on any atom is -0.496 e. The Labute approximate surface area is 148 Å². The van der Waals surface area contributed by atoms with Crippen LogP contribution in [0.1, 0.15) is 37.4 Å². The summed E-state index contributed by atoms with van der Waals surface area (Å²) in [6.45, 7) is 6.04. The Balaban J connectivity index is 2.03. The molecule has 3 nitrogen and oxygen atoms in total. The smallest absolute Gasteiger partial charge is 0.233 e. The standard InChI is InChI=1S/C20H25NO2S/c1-5-18(16-11-12-19(23-4)14(2)13-16)21-20(22)15(3)24-17-9-7-6-8-10-17/h6-13,15,18H,5H2,1-4H3,(H,21,22)/t15-,18-/m0/s1. The average Bonchev–Trinajstić information content (AvgIpc) is 2.60. The summed E-state index contributed by atoms with van der Waals surface area (Å²) in [4.78, 5) is 13.6. The zero-order valence-corrected chi connectivity index (χ0v) is 15.5. The summed E-state index contributed by atoms with van der Waals surface area (Å²) >= 11 is 1.58. The number of amides is 1. The molecular weight excluding hydrogens is 318 g/mol. The van der Waals surface area contributed by atoms with Crippen molar-refractivity contribution >= 4 is 17.7 Å². The average molecular weight is 343 g/mol. The number of ether oxygens (including phenoxy) is 1. The molecule has 0 saturated heterocycles. The van der Waals surface area contributed by atoms with E-state index < -0.39 is 0 Å². The summed E-state index contributed by atoms with van der Waals surface area (Å²) < 4.78 is 5.31. The molecule has 0 aliphatic heterocycles. The number of carbonyl (C=O) groups is 1. The van der Waals surface area contributed by atoms with Crippen LogP contribution in [0.3, 0.4) is 0 Å². The molecule has 0 spiro atoms. The Kier molecular flexibility index (Phi) is 6.73. The summed E-state index contributed by atoms with van der Waals surface area (Å²) in [6, 6.07) is 16.1. The Morgan fingerprint density at radius 2 is 1.92 bits per heavy atom. The van der Waals surface area contributed by atoms with Crippen molar-refractivity contribution in [3.05, 3.63) is 59.7 Å². The van der Waals surface area contributed by atoms with Gasteiger partial charge in [-0.15, -0.1) is 11.8 Å². The predicted molar refractivity (Wildman–Crippen MR) is 101 cm³/mol. The second-order valence-electron chi connectivity index (χ2n) is 5.77. The van der Waals surface area contributed by atoms with Crippen molar-refractivity contribution in [3.8, 4) is 5.75 Å². The largest absolute Gasteiger partial charge is 0.496 e. The van der Waals surface area contributed by atoms with Crippen LogP contribution in [0.25, 0.3) is 0 Å². The van der Waals surface area contributed by atoms with Gasteiger partial charge in [-0.1, -0.05) is 37.3 Å². The quantitative estimate of drug-likeness (QED) is 0.737. The van der Waals surface area contributed by atoms with E-state index in [0.717, 1.165) is 28.2 Å². The van der Waals surface area contributed by atoms with Gasteiger partial charge in [-0.05, 0) is 49.6 Å². The van der Waals surface area contributed by atoms with Crippen LogP contribution in [0, 0.1) is 6.92 Å². The van der Waals surface area contributed by atoms with Gasteiger partial charge < -0.3 is 10.1 Å². The van der Waals surface area contributed by atoms with Gasteiger partial charge in [0.1, 0.15) is 5.75 Å². The predicted octanol–water partition coefficient (Wildman–Crippen LogP) is 4.75. The molecule has 128 valence electrons. The van der Waals surface area contributed by atoms with Gasteiger partial charge in [0, 0.05) is 4.90 Å². The third kappa shape index (κ3) is 4.78. The highest BCUT2D eigenvalue weighted by Crippen LogP contribution is 2.26. The fourth-order valence-corrected chi connectivity index (χ4v) is 3.48. The molecule has 0 heterocycles. The number of hydrogen-bond acceptors (Lipinski definition) is 3. The number of rotatable bonds is 7. The second kappa shape index (κ2) is 8.78. The zero-order valence-electron chi connectivity index (χ0n) is 14.7. The molecule has 2 rings (SSSR count). The first-order valence-electron chi connectivity index (χ1n) is 8.21. The van der Waals surface area contributed by atoms with Gasteiger partial charge in [-0.3, -0.25) is 4.79 Å². The van der Waals surface area contributed by atoms with Crippen molar-refractivity contribution in [3.63, 3.8) is 0 Å². The first-order valence-corrected chi connectivity index (χ1v) is 9.09. The van der Waals surface area contributed by atoms with Gasteiger partial charge in [0.25, 0.3) is 0 Å². The molecule has 4 heteroatoms. The van der Waals surface area contributed by atoms with Crippen LogP contribution in [0.2, 0.25) is 0 Å². The Morgan fingerprint density at radius 1 is 1.21 bits per heavy atom.